The maximum Gasteiger partial charge on any atom is 0.514 e. The number of carboxylic acids is 1. The molecule has 42 heavy (non-hydrogen) atoms. The minimum absolute atomic E-state index is 0.190. The van der Waals surface area contributed by atoms with E-state index in [0.29, 0.717) is 5.56 Å². The SMILES string of the molecule is CC(OC(=O)Oc1ccccc1)C(C)C(c1ccc(OC(=O)OC(C)(C)C)c(OC(=O)OC(C)(C)C)c1)[C@H](N)C(=O)O. The molecule has 0 heterocycles. The number of carbonyl (C=O) groups is 4. The highest BCUT2D eigenvalue weighted by molar-refractivity contribution is 5.75. The van der Waals surface area contributed by atoms with Gasteiger partial charge < -0.3 is 39.3 Å². The molecule has 2 aromatic carbocycles. The molecule has 3 N–H and O–H groups in total. The van der Waals surface area contributed by atoms with Gasteiger partial charge in [0.15, 0.2) is 11.5 Å². The molecule has 0 aliphatic carbocycles. The Balaban J connectivity index is 2.43. The molecular formula is C30H39NO11. The molecule has 0 saturated carbocycles. The van der Waals surface area contributed by atoms with Crippen LogP contribution in [0.1, 0.15) is 66.9 Å². The van der Waals surface area contributed by atoms with Gasteiger partial charge in [0.1, 0.15) is 29.1 Å². The quantitative estimate of drug-likeness (QED) is 0.197. The standard InChI is InChI=1S/C30H39NO11/c1-17(18(2)37-26(34)38-20-12-10-9-11-13-20)23(24(31)25(32)33)19-14-15-21(39-27(35)41-29(3,4)5)22(16-19)40-28(36)42-30(6,7)8/h9-18,23-24H,31H2,1-8H3,(H,32,33)/t17?,18?,23?,24-/m0/s1. The Labute approximate surface area is 245 Å². The lowest BCUT2D eigenvalue weighted by Crippen LogP contribution is -2.43. The first-order valence-corrected chi connectivity index (χ1v) is 13.2. The second kappa shape index (κ2) is 14.0. The van der Waals surface area contributed by atoms with E-state index in [2.05, 4.69) is 0 Å². The zero-order valence-electron chi connectivity index (χ0n) is 25.0. The Morgan fingerprint density at radius 1 is 0.738 bits per heavy atom. The first-order valence-electron chi connectivity index (χ1n) is 13.2. The molecule has 12 heteroatoms. The summed E-state index contributed by atoms with van der Waals surface area (Å²) in [5, 5.41) is 9.80. The van der Waals surface area contributed by atoms with E-state index in [1.54, 1.807) is 85.7 Å². The fourth-order valence-electron chi connectivity index (χ4n) is 3.77. The van der Waals surface area contributed by atoms with E-state index in [1.807, 2.05) is 0 Å². The largest absolute Gasteiger partial charge is 0.514 e. The number of aliphatic carboxylic acids is 1. The average Bonchev–Trinajstić information content (AvgIpc) is 2.83. The smallest absolute Gasteiger partial charge is 0.480 e. The molecule has 3 unspecified atom stereocenters. The van der Waals surface area contributed by atoms with Crippen LogP contribution in [-0.2, 0) is 19.0 Å². The summed E-state index contributed by atoms with van der Waals surface area (Å²) in [7, 11) is 0. The summed E-state index contributed by atoms with van der Waals surface area (Å²) in [4.78, 5) is 49.3. The molecule has 0 aliphatic rings. The fraction of sp³-hybridized carbons (Fsp3) is 0.467. The summed E-state index contributed by atoms with van der Waals surface area (Å²) < 4.78 is 31.7. The topological polar surface area (TPSA) is 170 Å². The van der Waals surface area contributed by atoms with Crippen LogP contribution in [-0.4, -0.2) is 52.9 Å². The Hall–Kier alpha value is -4.32. The summed E-state index contributed by atoms with van der Waals surface area (Å²) in [6.45, 7) is 13.1. The molecule has 0 saturated heterocycles. The van der Waals surface area contributed by atoms with Crippen molar-refractivity contribution in [3.63, 3.8) is 0 Å². The molecule has 0 fully saturated rings. The monoisotopic (exact) mass is 589 g/mol. The average molecular weight is 590 g/mol. The number of para-hydroxylation sites is 1. The summed E-state index contributed by atoms with van der Waals surface area (Å²) in [6, 6.07) is 10.9. The molecule has 0 radical (unpaired) electrons. The molecule has 0 amide bonds. The van der Waals surface area contributed by atoms with Crippen LogP contribution >= 0.6 is 0 Å². The highest BCUT2D eigenvalue weighted by atomic mass is 16.8. The van der Waals surface area contributed by atoms with E-state index in [4.69, 9.17) is 34.2 Å². The van der Waals surface area contributed by atoms with Crippen LogP contribution in [0.5, 0.6) is 17.2 Å². The lowest BCUT2D eigenvalue weighted by Gasteiger charge is -2.31. The third kappa shape index (κ3) is 10.9. The first kappa shape index (κ1) is 33.9. The number of ether oxygens (including phenoxy) is 6. The lowest BCUT2D eigenvalue weighted by atomic mass is 9.79. The number of hydrogen-bond acceptors (Lipinski definition) is 11. The van der Waals surface area contributed by atoms with Crippen molar-refractivity contribution in [1.82, 2.24) is 0 Å². The van der Waals surface area contributed by atoms with E-state index in [9.17, 15) is 24.3 Å². The second-order valence-corrected chi connectivity index (χ2v) is 11.6. The fourth-order valence-corrected chi connectivity index (χ4v) is 3.77. The molecule has 0 spiro atoms. The summed E-state index contributed by atoms with van der Waals surface area (Å²) >= 11 is 0. The van der Waals surface area contributed by atoms with Crippen LogP contribution in [0.2, 0.25) is 0 Å². The van der Waals surface area contributed by atoms with Crippen LogP contribution in [0.25, 0.3) is 0 Å². The maximum absolute atomic E-state index is 12.5. The Morgan fingerprint density at radius 2 is 1.26 bits per heavy atom. The number of hydrogen-bond donors (Lipinski definition) is 2. The molecule has 12 nitrogen and oxygen atoms in total. The van der Waals surface area contributed by atoms with Gasteiger partial charge in [-0.3, -0.25) is 4.79 Å². The van der Waals surface area contributed by atoms with Gasteiger partial charge in [0.25, 0.3) is 0 Å². The van der Waals surface area contributed by atoms with Crippen LogP contribution in [0, 0.1) is 5.92 Å². The van der Waals surface area contributed by atoms with E-state index in [-0.39, 0.29) is 17.2 Å². The first-order chi connectivity index (χ1) is 19.4. The summed E-state index contributed by atoms with van der Waals surface area (Å²) in [6.07, 6.45) is -4.01. The van der Waals surface area contributed by atoms with E-state index >= 15 is 0 Å². The molecule has 0 aromatic heterocycles. The Bertz CT molecular complexity index is 1250. The molecule has 4 atom stereocenters. The molecule has 2 aromatic rings. The van der Waals surface area contributed by atoms with Gasteiger partial charge in [0, 0.05) is 11.8 Å². The van der Waals surface area contributed by atoms with Gasteiger partial charge in [-0.25, -0.2) is 14.4 Å². The van der Waals surface area contributed by atoms with Crippen molar-refractivity contribution in [2.75, 3.05) is 0 Å². The number of carbonyl (C=O) groups excluding carboxylic acids is 3. The second-order valence-electron chi connectivity index (χ2n) is 11.6. The molecule has 0 bridgehead atoms. The van der Waals surface area contributed by atoms with Crippen molar-refractivity contribution >= 4 is 24.4 Å². The minimum atomic E-state index is -1.47. The Morgan fingerprint density at radius 3 is 1.76 bits per heavy atom. The van der Waals surface area contributed by atoms with Crippen LogP contribution < -0.4 is 19.9 Å². The van der Waals surface area contributed by atoms with E-state index in [1.165, 1.54) is 18.2 Å². The van der Waals surface area contributed by atoms with Gasteiger partial charge in [-0.15, -0.1) is 0 Å². The van der Waals surface area contributed by atoms with Crippen molar-refractivity contribution in [1.29, 1.82) is 0 Å². The number of nitrogens with two attached hydrogens (primary N) is 1. The number of benzene rings is 2. The van der Waals surface area contributed by atoms with Crippen molar-refractivity contribution in [2.24, 2.45) is 11.7 Å². The van der Waals surface area contributed by atoms with Gasteiger partial charge in [0.05, 0.1) is 0 Å². The third-order valence-electron chi connectivity index (χ3n) is 5.72. The van der Waals surface area contributed by atoms with Crippen molar-refractivity contribution < 1.29 is 52.7 Å². The predicted molar refractivity (Wildman–Crippen MR) is 151 cm³/mol. The zero-order valence-corrected chi connectivity index (χ0v) is 25.0. The predicted octanol–water partition coefficient (Wildman–Crippen LogP) is 6.05. The lowest BCUT2D eigenvalue weighted by molar-refractivity contribution is -0.139. The summed E-state index contributed by atoms with van der Waals surface area (Å²) in [5.41, 5.74) is 4.63. The van der Waals surface area contributed by atoms with E-state index in [0.717, 1.165) is 0 Å². The molecule has 230 valence electrons. The highest BCUT2D eigenvalue weighted by Gasteiger charge is 2.36. The number of rotatable bonds is 9. The van der Waals surface area contributed by atoms with Gasteiger partial charge >= 0.3 is 24.4 Å². The molecule has 2 rings (SSSR count). The van der Waals surface area contributed by atoms with Crippen LogP contribution in [0.3, 0.4) is 0 Å². The van der Waals surface area contributed by atoms with Gasteiger partial charge in [-0.05, 0) is 78.3 Å². The normalized spacial score (nSPS) is 14.4. The van der Waals surface area contributed by atoms with Crippen molar-refractivity contribution in [3.8, 4) is 17.2 Å². The molecular weight excluding hydrogens is 550 g/mol. The van der Waals surface area contributed by atoms with Gasteiger partial charge in [-0.2, -0.15) is 0 Å². The van der Waals surface area contributed by atoms with E-state index < -0.39 is 59.6 Å². The van der Waals surface area contributed by atoms with Crippen molar-refractivity contribution in [3.05, 3.63) is 54.1 Å². The van der Waals surface area contributed by atoms with Crippen molar-refractivity contribution in [2.45, 2.75) is 84.7 Å². The zero-order chi connectivity index (χ0) is 31.8. The minimum Gasteiger partial charge on any atom is -0.480 e. The van der Waals surface area contributed by atoms with Crippen LogP contribution in [0.15, 0.2) is 48.5 Å². The Kier molecular flexibility index (Phi) is 11.3. The van der Waals surface area contributed by atoms with Gasteiger partial charge in [0.2, 0.25) is 0 Å². The number of carboxylic acid groups (broad SMARTS) is 1. The highest BCUT2D eigenvalue weighted by Crippen LogP contribution is 2.37. The van der Waals surface area contributed by atoms with Gasteiger partial charge in [-0.1, -0.05) is 31.2 Å². The van der Waals surface area contributed by atoms with Crippen LogP contribution in [0.4, 0.5) is 14.4 Å². The third-order valence-corrected chi connectivity index (χ3v) is 5.72. The maximum atomic E-state index is 12.5. The summed E-state index contributed by atoms with van der Waals surface area (Å²) in [5.74, 6) is -3.16. The molecule has 0 aliphatic heterocycles.